The number of aromatic nitrogens is 1. The Morgan fingerprint density at radius 2 is 1.86 bits per heavy atom. The molecule has 35 heavy (non-hydrogen) atoms. The molecule has 1 aromatic heterocycles. The molecule has 0 radical (unpaired) electrons. The van der Waals surface area contributed by atoms with E-state index in [1.807, 2.05) is 32.9 Å². The predicted molar refractivity (Wildman–Crippen MR) is 132 cm³/mol. The summed E-state index contributed by atoms with van der Waals surface area (Å²) in [6.07, 6.45) is 2.24. The molecule has 0 saturated carbocycles. The van der Waals surface area contributed by atoms with Crippen LogP contribution in [-0.4, -0.2) is 34.4 Å². The van der Waals surface area contributed by atoms with Gasteiger partial charge in [0.2, 0.25) is 0 Å². The first-order chi connectivity index (χ1) is 16.8. The van der Waals surface area contributed by atoms with Gasteiger partial charge in [-0.3, -0.25) is 19.5 Å². The maximum absolute atomic E-state index is 13.3. The molecule has 3 aromatic rings. The maximum Gasteiger partial charge on any atom is 0.338 e. The largest absolute Gasteiger partial charge is 0.507 e. The van der Waals surface area contributed by atoms with Crippen molar-refractivity contribution in [1.29, 1.82) is 0 Å². The van der Waals surface area contributed by atoms with Crippen molar-refractivity contribution in [3.8, 4) is 0 Å². The van der Waals surface area contributed by atoms with Gasteiger partial charge in [0.1, 0.15) is 11.8 Å². The Balaban J connectivity index is 1.89. The Kier molecular flexibility index (Phi) is 6.78. The Hall–Kier alpha value is -4.26. The van der Waals surface area contributed by atoms with Gasteiger partial charge in [0.15, 0.2) is 0 Å². The Morgan fingerprint density at radius 1 is 1.06 bits per heavy atom. The zero-order valence-electron chi connectivity index (χ0n) is 19.8. The summed E-state index contributed by atoms with van der Waals surface area (Å²) in [5.41, 5.74) is 3.08. The molecule has 2 aromatic carbocycles. The monoisotopic (exact) mass is 470 g/mol. The highest BCUT2D eigenvalue weighted by molar-refractivity contribution is 6.51. The molecule has 1 atom stereocenters. The smallest absolute Gasteiger partial charge is 0.338 e. The highest BCUT2D eigenvalue weighted by atomic mass is 16.5. The van der Waals surface area contributed by atoms with Crippen LogP contribution in [0.4, 0.5) is 5.69 Å². The Labute approximate surface area is 203 Å². The number of benzene rings is 2. The van der Waals surface area contributed by atoms with Crippen LogP contribution in [0.3, 0.4) is 0 Å². The number of anilines is 1. The third kappa shape index (κ3) is 4.57. The molecule has 1 aliphatic rings. The standard InChI is InChI=1S/C28H26N2O5/c1-4-14-35-28(34)19-8-7-9-20(16-19)30-24(22-10-5-6-13-29-22)23(26(32)27(30)33)25(31)21-15-17(2)11-12-18(21)3/h5-13,15-16,24,31H,4,14H2,1-3H3/b25-23+. The highest BCUT2D eigenvalue weighted by Crippen LogP contribution is 2.42. The van der Waals surface area contributed by atoms with Crippen molar-refractivity contribution in [1.82, 2.24) is 4.98 Å². The quantitative estimate of drug-likeness (QED) is 0.238. The van der Waals surface area contributed by atoms with Gasteiger partial charge >= 0.3 is 5.97 Å². The second-order valence-corrected chi connectivity index (χ2v) is 8.43. The van der Waals surface area contributed by atoms with Crippen LogP contribution in [0, 0.1) is 13.8 Å². The second kappa shape index (κ2) is 9.93. The number of rotatable bonds is 6. The summed E-state index contributed by atoms with van der Waals surface area (Å²) >= 11 is 0. The van der Waals surface area contributed by atoms with Gasteiger partial charge in [0.05, 0.1) is 23.4 Å². The lowest BCUT2D eigenvalue weighted by Gasteiger charge is -2.25. The highest BCUT2D eigenvalue weighted by Gasteiger charge is 2.47. The number of hydrogen-bond donors (Lipinski definition) is 1. The Morgan fingerprint density at radius 3 is 2.57 bits per heavy atom. The summed E-state index contributed by atoms with van der Waals surface area (Å²) in [7, 11) is 0. The lowest BCUT2D eigenvalue weighted by atomic mass is 9.95. The fourth-order valence-electron chi connectivity index (χ4n) is 4.11. The lowest BCUT2D eigenvalue weighted by Crippen LogP contribution is -2.30. The average Bonchev–Trinajstić information content (AvgIpc) is 3.14. The number of ketones is 1. The minimum absolute atomic E-state index is 0.0543. The topological polar surface area (TPSA) is 96.8 Å². The molecule has 1 fully saturated rings. The van der Waals surface area contributed by atoms with E-state index in [1.54, 1.807) is 48.7 Å². The first-order valence-electron chi connectivity index (χ1n) is 11.4. The molecule has 0 bridgehead atoms. The second-order valence-electron chi connectivity index (χ2n) is 8.43. The molecule has 178 valence electrons. The number of ether oxygens (including phenoxy) is 1. The van der Waals surface area contributed by atoms with E-state index in [4.69, 9.17) is 4.74 Å². The SMILES string of the molecule is CCCOC(=O)c1cccc(N2C(=O)C(=O)/C(=C(/O)c3cc(C)ccc3C)C2c2ccccn2)c1. The number of nitrogens with zero attached hydrogens (tertiary/aromatic N) is 2. The van der Waals surface area contributed by atoms with Gasteiger partial charge in [-0.25, -0.2) is 4.79 Å². The van der Waals surface area contributed by atoms with Crippen molar-refractivity contribution in [2.24, 2.45) is 0 Å². The number of aliphatic hydroxyl groups excluding tert-OH is 1. The summed E-state index contributed by atoms with van der Waals surface area (Å²) in [6.45, 7) is 5.88. The van der Waals surface area contributed by atoms with Crippen LogP contribution in [-0.2, 0) is 14.3 Å². The van der Waals surface area contributed by atoms with Crippen molar-refractivity contribution in [2.45, 2.75) is 33.2 Å². The third-order valence-electron chi connectivity index (χ3n) is 5.86. The molecular formula is C28H26N2O5. The molecule has 1 N–H and O–H groups in total. The third-order valence-corrected chi connectivity index (χ3v) is 5.86. The van der Waals surface area contributed by atoms with E-state index in [0.717, 1.165) is 11.1 Å². The molecule has 1 unspecified atom stereocenters. The molecule has 7 nitrogen and oxygen atoms in total. The van der Waals surface area contributed by atoms with Gasteiger partial charge in [0, 0.05) is 17.4 Å². The summed E-state index contributed by atoms with van der Waals surface area (Å²) in [5.74, 6) is -2.42. The average molecular weight is 471 g/mol. The van der Waals surface area contributed by atoms with Crippen LogP contribution in [0.15, 0.2) is 72.4 Å². The molecule has 0 aliphatic carbocycles. The molecule has 1 saturated heterocycles. The minimum Gasteiger partial charge on any atom is -0.507 e. The summed E-state index contributed by atoms with van der Waals surface area (Å²) in [4.78, 5) is 44.7. The molecule has 2 heterocycles. The fraction of sp³-hybridized carbons (Fsp3) is 0.214. The van der Waals surface area contributed by atoms with E-state index in [9.17, 15) is 19.5 Å². The van der Waals surface area contributed by atoms with Crippen LogP contribution >= 0.6 is 0 Å². The van der Waals surface area contributed by atoms with Gasteiger partial charge in [-0.2, -0.15) is 0 Å². The van der Waals surface area contributed by atoms with Crippen LogP contribution in [0.5, 0.6) is 0 Å². The van der Waals surface area contributed by atoms with Crippen molar-refractivity contribution < 1.29 is 24.2 Å². The number of amides is 1. The zero-order chi connectivity index (χ0) is 25.1. The fourth-order valence-corrected chi connectivity index (χ4v) is 4.11. The van der Waals surface area contributed by atoms with Gasteiger partial charge in [-0.1, -0.05) is 36.8 Å². The number of aryl methyl sites for hydroxylation is 2. The molecule has 4 rings (SSSR count). The first-order valence-corrected chi connectivity index (χ1v) is 11.4. The minimum atomic E-state index is -0.974. The summed E-state index contributed by atoms with van der Waals surface area (Å²) < 4.78 is 5.22. The van der Waals surface area contributed by atoms with Gasteiger partial charge in [-0.05, 0) is 62.2 Å². The van der Waals surface area contributed by atoms with Crippen LogP contribution in [0.25, 0.3) is 5.76 Å². The maximum atomic E-state index is 13.3. The molecule has 7 heteroatoms. The van der Waals surface area contributed by atoms with Gasteiger partial charge in [0.25, 0.3) is 11.7 Å². The number of pyridine rings is 1. The van der Waals surface area contributed by atoms with Gasteiger partial charge in [-0.15, -0.1) is 0 Å². The molecule has 1 amide bonds. The summed E-state index contributed by atoms with van der Waals surface area (Å²) in [6, 6.07) is 16.1. The van der Waals surface area contributed by atoms with E-state index in [0.29, 0.717) is 23.4 Å². The number of esters is 1. The number of aliphatic hydroxyl groups is 1. The van der Waals surface area contributed by atoms with Gasteiger partial charge < -0.3 is 9.84 Å². The van der Waals surface area contributed by atoms with Crippen molar-refractivity contribution >= 4 is 29.1 Å². The predicted octanol–water partition coefficient (Wildman–Crippen LogP) is 4.89. The van der Waals surface area contributed by atoms with E-state index >= 15 is 0 Å². The number of Topliss-reactive ketones (excluding diaryl/α,β-unsaturated/α-hetero) is 1. The van der Waals surface area contributed by atoms with Crippen LogP contribution in [0.1, 0.15) is 52.1 Å². The van der Waals surface area contributed by atoms with E-state index in [2.05, 4.69) is 4.98 Å². The van der Waals surface area contributed by atoms with Crippen molar-refractivity contribution in [2.75, 3.05) is 11.5 Å². The van der Waals surface area contributed by atoms with Crippen LogP contribution in [0.2, 0.25) is 0 Å². The van der Waals surface area contributed by atoms with Crippen molar-refractivity contribution in [3.63, 3.8) is 0 Å². The lowest BCUT2D eigenvalue weighted by molar-refractivity contribution is -0.132. The normalized spacial score (nSPS) is 17.0. The molecule has 0 spiro atoms. The number of carbonyl (C=O) groups is 3. The summed E-state index contributed by atoms with van der Waals surface area (Å²) in [5, 5.41) is 11.3. The molecular weight excluding hydrogens is 444 g/mol. The molecule has 1 aliphatic heterocycles. The zero-order valence-corrected chi connectivity index (χ0v) is 19.8. The first kappa shape index (κ1) is 23.9. The van der Waals surface area contributed by atoms with E-state index in [1.165, 1.54) is 11.0 Å². The van der Waals surface area contributed by atoms with E-state index in [-0.39, 0.29) is 23.5 Å². The Bertz CT molecular complexity index is 1330. The number of hydrogen-bond acceptors (Lipinski definition) is 6. The van der Waals surface area contributed by atoms with E-state index < -0.39 is 23.7 Å². The van der Waals surface area contributed by atoms with Crippen molar-refractivity contribution in [3.05, 3.63) is 100 Å². The number of carbonyl (C=O) groups excluding carboxylic acids is 3. The van der Waals surface area contributed by atoms with Crippen LogP contribution < -0.4 is 4.90 Å².